The second-order valence-electron chi connectivity index (χ2n) is 9.43. The first-order valence-corrected chi connectivity index (χ1v) is 11.7. The number of hydrogen-bond acceptors (Lipinski definition) is 1. The summed E-state index contributed by atoms with van der Waals surface area (Å²) in [5.41, 5.74) is 5.26. The molecule has 6 aromatic rings. The van der Waals surface area contributed by atoms with Gasteiger partial charge in [-0.25, -0.2) is 0 Å². The van der Waals surface area contributed by atoms with Gasteiger partial charge in [0.25, 0.3) is 0 Å². The molecule has 1 N–H and O–H groups in total. The van der Waals surface area contributed by atoms with Gasteiger partial charge in [-0.3, -0.25) is 0 Å². The first-order chi connectivity index (χ1) is 16.3. The molecule has 2 aliphatic rings. The highest BCUT2D eigenvalue weighted by molar-refractivity contribution is 6.25. The highest BCUT2D eigenvalue weighted by Crippen LogP contribution is 2.43. The van der Waals surface area contributed by atoms with Gasteiger partial charge in [0.2, 0.25) is 0 Å². The number of rotatable bonds is 1. The van der Waals surface area contributed by atoms with Gasteiger partial charge in [0, 0.05) is 11.6 Å². The fourth-order valence-electron chi connectivity index (χ4n) is 6.13. The zero-order valence-corrected chi connectivity index (χ0v) is 18.0. The van der Waals surface area contributed by atoms with E-state index in [4.69, 9.17) is 0 Å². The molecule has 0 aromatic heterocycles. The second kappa shape index (κ2) is 6.24. The van der Waals surface area contributed by atoms with Crippen LogP contribution in [-0.4, -0.2) is 6.04 Å². The molecule has 1 nitrogen and oxygen atoms in total. The lowest BCUT2D eigenvalue weighted by atomic mass is 9.86. The minimum Gasteiger partial charge on any atom is -0.378 e. The monoisotopic (exact) mass is 419 g/mol. The summed E-state index contributed by atoms with van der Waals surface area (Å²) in [6.07, 6.45) is 4.82. The maximum atomic E-state index is 3.75. The lowest BCUT2D eigenvalue weighted by Crippen LogP contribution is -2.34. The summed E-state index contributed by atoms with van der Waals surface area (Å²) in [6, 6.07) is 36.3. The maximum absolute atomic E-state index is 3.75. The Bertz CT molecular complexity index is 1840. The van der Waals surface area contributed by atoms with Gasteiger partial charge >= 0.3 is 0 Å². The molecule has 1 aliphatic carbocycles. The van der Waals surface area contributed by atoms with Gasteiger partial charge in [-0.15, -0.1) is 0 Å². The van der Waals surface area contributed by atoms with Crippen LogP contribution in [0.5, 0.6) is 0 Å². The number of anilines is 1. The molecule has 0 amide bonds. The topological polar surface area (TPSA) is 12.0 Å². The fourth-order valence-corrected chi connectivity index (χ4v) is 6.13. The van der Waals surface area contributed by atoms with E-state index < -0.39 is 0 Å². The van der Waals surface area contributed by atoms with Gasteiger partial charge < -0.3 is 5.32 Å². The standard InChI is InChI=1S/C32H21N/c1-2-5-23-18-30-28(16-22(23)4-1)27-17-24(12-15-29(27)33-30)25-13-10-21-9-8-19-6-3-7-20-11-14-26(25)32(21)31(19)20/h1-18,28,30,33H. The third-order valence-corrected chi connectivity index (χ3v) is 7.67. The SMILES string of the molecule is C1=c2ccccc2=CC2c3cc(-c4ccc5ccc6cccc7ccc4c5c67)ccc3NC12. The van der Waals surface area contributed by atoms with Gasteiger partial charge in [-0.2, -0.15) is 0 Å². The smallest absolute Gasteiger partial charge is 0.0557 e. The summed E-state index contributed by atoms with van der Waals surface area (Å²) < 4.78 is 0. The summed E-state index contributed by atoms with van der Waals surface area (Å²) in [5.74, 6) is 0.370. The lowest BCUT2D eigenvalue weighted by Gasteiger charge is -2.17. The molecular weight excluding hydrogens is 398 g/mol. The average Bonchev–Trinajstić information content (AvgIpc) is 3.22. The molecule has 154 valence electrons. The Morgan fingerprint density at radius 3 is 2.15 bits per heavy atom. The molecule has 33 heavy (non-hydrogen) atoms. The average molecular weight is 420 g/mol. The van der Waals surface area contributed by atoms with Crippen molar-refractivity contribution in [1.82, 2.24) is 0 Å². The van der Waals surface area contributed by atoms with E-state index in [1.807, 2.05) is 0 Å². The highest BCUT2D eigenvalue weighted by Gasteiger charge is 2.30. The van der Waals surface area contributed by atoms with E-state index in [2.05, 4.69) is 115 Å². The lowest BCUT2D eigenvalue weighted by molar-refractivity contribution is 0.871. The predicted molar refractivity (Wildman–Crippen MR) is 140 cm³/mol. The Morgan fingerprint density at radius 1 is 0.576 bits per heavy atom. The normalized spacial score (nSPS) is 18.4. The van der Waals surface area contributed by atoms with Crippen molar-refractivity contribution in [2.75, 3.05) is 5.32 Å². The van der Waals surface area contributed by atoms with Crippen LogP contribution >= 0.6 is 0 Å². The van der Waals surface area contributed by atoms with E-state index in [1.54, 1.807) is 0 Å². The van der Waals surface area contributed by atoms with Gasteiger partial charge in [-0.1, -0.05) is 97.1 Å². The molecule has 1 heterocycles. The Labute approximate surface area is 191 Å². The summed E-state index contributed by atoms with van der Waals surface area (Å²) in [6.45, 7) is 0. The molecule has 0 fully saturated rings. The van der Waals surface area contributed by atoms with E-state index in [9.17, 15) is 0 Å². The van der Waals surface area contributed by atoms with Crippen LogP contribution in [0.25, 0.3) is 55.6 Å². The third kappa shape index (κ3) is 2.37. The van der Waals surface area contributed by atoms with Gasteiger partial charge in [-0.05, 0) is 71.6 Å². The number of fused-ring (bicyclic) bond motifs is 4. The van der Waals surface area contributed by atoms with Crippen LogP contribution < -0.4 is 15.8 Å². The molecule has 6 aromatic carbocycles. The molecule has 0 saturated carbocycles. The van der Waals surface area contributed by atoms with Crippen molar-refractivity contribution >= 4 is 50.2 Å². The summed E-state index contributed by atoms with van der Waals surface area (Å²) in [7, 11) is 0. The van der Waals surface area contributed by atoms with Crippen LogP contribution in [0.1, 0.15) is 11.5 Å². The number of nitrogens with one attached hydrogen (secondary N) is 1. The van der Waals surface area contributed by atoms with Crippen molar-refractivity contribution < 1.29 is 0 Å². The van der Waals surface area contributed by atoms with Crippen LogP contribution in [0, 0.1) is 0 Å². The van der Waals surface area contributed by atoms with Gasteiger partial charge in [0.15, 0.2) is 0 Å². The van der Waals surface area contributed by atoms with Crippen LogP contribution in [-0.2, 0) is 0 Å². The van der Waals surface area contributed by atoms with Crippen molar-refractivity contribution in [3.63, 3.8) is 0 Å². The Morgan fingerprint density at radius 2 is 1.30 bits per heavy atom. The zero-order valence-electron chi connectivity index (χ0n) is 18.0. The molecule has 2 unspecified atom stereocenters. The highest BCUT2D eigenvalue weighted by atomic mass is 15.0. The first-order valence-electron chi connectivity index (χ1n) is 11.7. The molecule has 0 radical (unpaired) electrons. The molecule has 0 saturated heterocycles. The third-order valence-electron chi connectivity index (χ3n) is 7.67. The van der Waals surface area contributed by atoms with E-state index in [0.717, 1.165) is 0 Å². The predicted octanol–water partition coefficient (Wildman–Crippen LogP) is 6.40. The van der Waals surface area contributed by atoms with E-state index in [1.165, 1.54) is 65.1 Å². The van der Waals surface area contributed by atoms with Crippen LogP contribution in [0.15, 0.2) is 97.1 Å². The van der Waals surface area contributed by atoms with Crippen molar-refractivity contribution in [1.29, 1.82) is 0 Å². The zero-order chi connectivity index (χ0) is 21.5. The molecule has 0 spiro atoms. The Hall–Kier alpha value is -4.10. The van der Waals surface area contributed by atoms with Crippen LogP contribution in [0.2, 0.25) is 0 Å². The van der Waals surface area contributed by atoms with Crippen molar-refractivity contribution in [3.05, 3.63) is 113 Å². The van der Waals surface area contributed by atoms with Gasteiger partial charge in [0.1, 0.15) is 0 Å². The largest absolute Gasteiger partial charge is 0.378 e. The molecule has 1 heteroatoms. The first kappa shape index (κ1) is 17.5. The van der Waals surface area contributed by atoms with Crippen molar-refractivity contribution in [2.24, 2.45) is 0 Å². The summed E-state index contributed by atoms with van der Waals surface area (Å²) >= 11 is 0. The summed E-state index contributed by atoms with van der Waals surface area (Å²) in [4.78, 5) is 0. The minimum atomic E-state index is 0.325. The summed E-state index contributed by atoms with van der Waals surface area (Å²) in [5, 5.41) is 14.4. The van der Waals surface area contributed by atoms with Crippen LogP contribution in [0.3, 0.4) is 0 Å². The number of hydrogen-bond donors (Lipinski definition) is 1. The van der Waals surface area contributed by atoms with E-state index in [0.29, 0.717) is 12.0 Å². The molecule has 0 bridgehead atoms. The second-order valence-corrected chi connectivity index (χ2v) is 9.43. The van der Waals surface area contributed by atoms with Gasteiger partial charge in [0.05, 0.1) is 6.04 Å². The van der Waals surface area contributed by atoms with E-state index >= 15 is 0 Å². The quantitative estimate of drug-likeness (QED) is 0.304. The number of benzene rings is 6. The Balaban J connectivity index is 1.36. The van der Waals surface area contributed by atoms with Crippen LogP contribution in [0.4, 0.5) is 5.69 Å². The maximum Gasteiger partial charge on any atom is 0.0557 e. The molecule has 8 rings (SSSR count). The van der Waals surface area contributed by atoms with Crippen molar-refractivity contribution in [2.45, 2.75) is 12.0 Å². The molecular formula is C32H21N. The van der Waals surface area contributed by atoms with E-state index in [-0.39, 0.29) is 0 Å². The fraction of sp³-hybridized carbons (Fsp3) is 0.0625. The molecule has 1 aliphatic heterocycles. The molecule has 2 atom stereocenters. The Kier molecular flexibility index (Phi) is 3.30. The minimum absolute atomic E-state index is 0.325. The van der Waals surface area contributed by atoms with Crippen molar-refractivity contribution in [3.8, 4) is 11.1 Å².